The maximum atomic E-state index is 10.1. The van der Waals surface area contributed by atoms with E-state index in [4.69, 9.17) is 7.79 Å². The molecular weight excluding hydrogens is 322 g/mol. The number of aromatic amines is 1. The molecule has 0 aliphatic carbocycles. The molecular formula is C22H23N3O. The highest BCUT2D eigenvalue weighted by Gasteiger charge is 2.22. The van der Waals surface area contributed by atoms with Gasteiger partial charge in [-0.3, -0.25) is 4.90 Å². The Morgan fingerprint density at radius 3 is 3.00 bits per heavy atom. The van der Waals surface area contributed by atoms with Gasteiger partial charge in [-0.1, -0.05) is 24.1 Å². The third-order valence-electron chi connectivity index (χ3n) is 4.83. The number of aliphatic hydroxyl groups is 1. The summed E-state index contributed by atoms with van der Waals surface area (Å²) in [5, 5.41) is 11.0. The molecule has 2 N–H and O–H groups in total. The van der Waals surface area contributed by atoms with Gasteiger partial charge in [-0.05, 0) is 43.0 Å². The van der Waals surface area contributed by atoms with Crippen molar-refractivity contribution in [2.75, 3.05) is 13.1 Å². The molecule has 0 fully saturated rings. The first-order chi connectivity index (χ1) is 12.8. The number of terminal acetylenes is 1. The van der Waals surface area contributed by atoms with Gasteiger partial charge in [-0.25, -0.2) is 4.98 Å². The SMILES string of the molecule is [2H]c1cc(-c2cnc3[nH]cc(C#C)c3c2)cc2c1CN(CC(C)(C)O)CC2. The summed E-state index contributed by atoms with van der Waals surface area (Å²) in [7, 11) is 0. The van der Waals surface area contributed by atoms with Crippen LogP contribution in [0.4, 0.5) is 0 Å². The second-order valence-corrected chi connectivity index (χ2v) is 7.63. The zero-order chi connectivity index (χ0) is 19.2. The van der Waals surface area contributed by atoms with Gasteiger partial charge in [0.05, 0.1) is 12.5 Å². The number of nitrogens with one attached hydrogen (secondary N) is 1. The number of benzene rings is 1. The Balaban J connectivity index is 1.69. The van der Waals surface area contributed by atoms with Crippen LogP contribution in [0, 0.1) is 12.3 Å². The van der Waals surface area contributed by atoms with Crippen molar-refractivity contribution >= 4 is 11.0 Å². The molecule has 0 amide bonds. The molecule has 3 heterocycles. The lowest BCUT2D eigenvalue weighted by Crippen LogP contribution is -2.41. The summed E-state index contributed by atoms with van der Waals surface area (Å²) in [6, 6.07) is 6.64. The maximum Gasteiger partial charge on any atom is 0.138 e. The lowest BCUT2D eigenvalue weighted by molar-refractivity contribution is 0.0318. The minimum Gasteiger partial charge on any atom is -0.389 e. The molecule has 3 aromatic rings. The predicted octanol–water partition coefficient (Wildman–Crippen LogP) is 3.34. The molecule has 0 unspecified atom stereocenters. The van der Waals surface area contributed by atoms with Gasteiger partial charge in [-0.2, -0.15) is 0 Å². The van der Waals surface area contributed by atoms with E-state index in [1.807, 2.05) is 32.2 Å². The van der Waals surface area contributed by atoms with Gasteiger partial charge < -0.3 is 10.1 Å². The second-order valence-electron chi connectivity index (χ2n) is 7.63. The Hall–Kier alpha value is -2.61. The maximum absolute atomic E-state index is 10.1. The fraction of sp³-hybridized carbons (Fsp3) is 0.318. The quantitative estimate of drug-likeness (QED) is 0.715. The molecule has 26 heavy (non-hydrogen) atoms. The molecule has 0 spiro atoms. The molecule has 1 aliphatic heterocycles. The topological polar surface area (TPSA) is 52.2 Å². The normalized spacial score (nSPS) is 15.5. The van der Waals surface area contributed by atoms with E-state index >= 15 is 0 Å². The lowest BCUT2D eigenvalue weighted by atomic mass is 9.94. The first-order valence-electron chi connectivity index (χ1n) is 9.35. The smallest absolute Gasteiger partial charge is 0.138 e. The molecule has 132 valence electrons. The Kier molecular flexibility index (Phi) is 3.77. The number of hydrogen-bond acceptors (Lipinski definition) is 3. The van der Waals surface area contributed by atoms with Crippen LogP contribution in [0.15, 0.2) is 36.6 Å². The van der Waals surface area contributed by atoms with Crippen LogP contribution in [0.25, 0.3) is 22.2 Å². The van der Waals surface area contributed by atoms with Crippen molar-refractivity contribution in [1.29, 1.82) is 0 Å². The molecule has 0 saturated heterocycles. The second kappa shape index (κ2) is 6.28. The van der Waals surface area contributed by atoms with E-state index in [1.165, 1.54) is 5.56 Å². The van der Waals surface area contributed by atoms with Gasteiger partial charge in [0.1, 0.15) is 5.65 Å². The number of nitrogens with zero attached hydrogens (tertiary/aromatic N) is 2. The van der Waals surface area contributed by atoms with E-state index in [-0.39, 0.29) is 0 Å². The zero-order valence-corrected chi connectivity index (χ0v) is 15.1. The van der Waals surface area contributed by atoms with E-state index < -0.39 is 5.60 Å². The summed E-state index contributed by atoms with van der Waals surface area (Å²) in [6.45, 7) is 5.84. The van der Waals surface area contributed by atoms with E-state index in [1.54, 1.807) is 6.20 Å². The number of H-pyrrole nitrogens is 1. The van der Waals surface area contributed by atoms with Crippen molar-refractivity contribution in [2.24, 2.45) is 0 Å². The van der Waals surface area contributed by atoms with Crippen molar-refractivity contribution in [1.82, 2.24) is 14.9 Å². The van der Waals surface area contributed by atoms with E-state index in [0.717, 1.165) is 46.3 Å². The number of rotatable bonds is 3. The Bertz CT molecular complexity index is 1060. The van der Waals surface area contributed by atoms with Crippen LogP contribution >= 0.6 is 0 Å². The molecule has 0 saturated carbocycles. The molecule has 2 aromatic heterocycles. The average Bonchev–Trinajstić information content (AvgIpc) is 3.03. The van der Waals surface area contributed by atoms with Gasteiger partial charge in [0.15, 0.2) is 0 Å². The minimum atomic E-state index is -0.730. The lowest BCUT2D eigenvalue weighted by Gasteiger charge is -2.33. The predicted molar refractivity (Wildman–Crippen MR) is 105 cm³/mol. The number of hydrogen-bond donors (Lipinski definition) is 2. The summed E-state index contributed by atoms with van der Waals surface area (Å²) in [6.07, 6.45) is 10.1. The minimum absolute atomic E-state index is 0.536. The van der Waals surface area contributed by atoms with Crippen LogP contribution in [-0.2, 0) is 13.0 Å². The molecule has 1 aliphatic rings. The highest BCUT2D eigenvalue weighted by molar-refractivity contribution is 5.87. The Morgan fingerprint density at radius 2 is 2.23 bits per heavy atom. The summed E-state index contributed by atoms with van der Waals surface area (Å²) in [4.78, 5) is 9.77. The Labute approximate surface area is 155 Å². The number of aromatic nitrogens is 2. The van der Waals surface area contributed by atoms with E-state index in [0.29, 0.717) is 19.1 Å². The third kappa shape index (κ3) is 3.24. The Morgan fingerprint density at radius 1 is 1.38 bits per heavy atom. The average molecular weight is 346 g/mol. The third-order valence-corrected chi connectivity index (χ3v) is 4.83. The molecule has 4 heteroatoms. The van der Waals surface area contributed by atoms with Gasteiger partial charge in [0, 0.05) is 43.0 Å². The van der Waals surface area contributed by atoms with E-state index in [2.05, 4.69) is 26.9 Å². The summed E-state index contributed by atoms with van der Waals surface area (Å²) in [5.74, 6) is 2.68. The van der Waals surface area contributed by atoms with E-state index in [9.17, 15) is 5.11 Å². The zero-order valence-electron chi connectivity index (χ0n) is 16.1. The molecule has 4 nitrogen and oxygen atoms in total. The summed E-state index contributed by atoms with van der Waals surface area (Å²) < 4.78 is 8.52. The van der Waals surface area contributed by atoms with Crippen LogP contribution in [0.3, 0.4) is 0 Å². The largest absolute Gasteiger partial charge is 0.389 e. The fourth-order valence-electron chi connectivity index (χ4n) is 3.66. The standard InChI is InChI=1S/C22H23N3O/c1-4-15-11-23-21-20(15)10-19(12-24-21)16-5-6-18-13-25(14-22(2,3)26)8-7-17(18)9-16/h1,5-6,9-12,26H,7-8,13-14H2,2-3H3,(H,23,24)/i6D. The number of fused-ring (bicyclic) bond motifs is 2. The summed E-state index contributed by atoms with van der Waals surface area (Å²) >= 11 is 0. The van der Waals surface area contributed by atoms with Crippen molar-refractivity contribution < 1.29 is 6.48 Å². The number of pyridine rings is 1. The van der Waals surface area contributed by atoms with Gasteiger partial charge >= 0.3 is 0 Å². The van der Waals surface area contributed by atoms with Crippen LogP contribution in [-0.4, -0.2) is 38.7 Å². The monoisotopic (exact) mass is 346 g/mol. The highest BCUT2D eigenvalue weighted by Crippen LogP contribution is 2.29. The molecule has 0 radical (unpaired) electrons. The summed E-state index contributed by atoms with van der Waals surface area (Å²) in [5.41, 5.74) is 5.06. The van der Waals surface area contributed by atoms with Crippen molar-refractivity contribution in [3.05, 3.63) is 53.3 Å². The number of β-amino-alcohol motifs (C(OH)–C–C–N with tert-alkyl or cyclic N) is 1. The molecule has 0 atom stereocenters. The fourth-order valence-corrected chi connectivity index (χ4v) is 3.66. The van der Waals surface area contributed by atoms with Gasteiger partial charge in [0.25, 0.3) is 0 Å². The van der Waals surface area contributed by atoms with Crippen LogP contribution < -0.4 is 0 Å². The van der Waals surface area contributed by atoms with Crippen LogP contribution in [0.2, 0.25) is 0 Å². The van der Waals surface area contributed by atoms with Crippen molar-refractivity contribution in [3.8, 4) is 23.5 Å². The van der Waals surface area contributed by atoms with Crippen LogP contribution in [0.5, 0.6) is 0 Å². The van der Waals surface area contributed by atoms with Gasteiger partial charge in [0.2, 0.25) is 0 Å². The first-order valence-corrected chi connectivity index (χ1v) is 8.85. The van der Waals surface area contributed by atoms with Crippen molar-refractivity contribution in [2.45, 2.75) is 32.4 Å². The molecule has 4 rings (SSSR count). The molecule has 1 aromatic carbocycles. The first kappa shape index (κ1) is 15.6. The van der Waals surface area contributed by atoms with Crippen molar-refractivity contribution in [3.63, 3.8) is 0 Å². The molecule has 0 bridgehead atoms. The highest BCUT2D eigenvalue weighted by atomic mass is 16.3. The van der Waals surface area contributed by atoms with Crippen LogP contribution in [0.1, 0.15) is 31.9 Å². The van der Waals surface area contributed by atoms with Gasteiger partial charge in [-0.15, -0.1) is 6.42 Å².